The molecule has 2 aromatic heterocycles. The molecular formula is C13H18N4OS. The van der Waals surface area contributed by atoms with Crippen molar-refractivity contribution in [3.8, 4) is 0 Å². The Balaban J connectivity index is 2.11. The van der Waals surface area contributed by atoms with Crippen LogP contribution in [0.1, 0.15) is 18.3 Å². The lowest BCUT2D eigenvalue weighted by atomic mass is 10.3. The Morgan fingerprint density at radius 3 is 2.95 bits per heavy atom. The van der Waals surface area contributed by atoms with Crippen LogP contribution >= 0.6 is 11.3 Å². The number of nitrogens with two attached hydrogens (primary N) is 1. The van der Waals surface area contributed by atoms with E-state index < -0.39 is 0 Å². The molecule has 0 fully saturated rings. The summed E-state index contributed by atoms with van der Waals surface area (Å²) in [6, 6.07) is 3.88. The molecule has 102 valence electrons. The monoisotopic (exact) mass is 278 g/mol. The molecule has 2 N–H and O–H groups in total. The first-order chi connectivity index (χ1) is 9.19. The number of hydrogen-bond acceptors (Lipinski definition) is 6. The molecule has 6 heteroatoms. The lowest BCUT2D eigenvalue weighted by Gasteiger charge is -2.18. The number of aromatic nitrogens is 2. The third kappa shape index (κ3) is 3.90. The van der Waals surface area contributed by atoms with Crippen molar-refractivity contribution in [2.24, 2.45) is 0 Å². The normalized spacial score (nSPS) is 10.6. The Morgan fingerprint density at radius 1 is 1.42 bits per heavy atom. The summed E-state index contributed by atoms with van der Waals surface area (Å²) in [5.41, 5.74) is 7.07. The standard InChI is InChI=1S/C13H18N4OS/c1-3-18-8-12-15-11(14)6-13(16-12)17(2)7-10-4-5-19-9-10/h4-6,9H,3,7-8H2,1-2H3,(H2,14,15,16). The van der Waals surface area contributed by atoms with E-state index in [-0.39, 0.29) is 0 Å². The van der Waals surface area contributed by atoms with Gasteiger partial charge < -0.3 is 15.4 Å². The van der Waals surface area contributed by atoms with Crippen molar-refractivity contribution in [2.75, 3.05) is 24.3 Å². The van der Waals surface area contributed by atoms with E-state index >= 15 is 0 Å². The summed E-state index contributed by atoms with van der Waals surface area (Å²) in [5, 5.41) is 4.19. The van der Waals surface area contributed by atoms with Gasteiger partial charge in [0.15, 0.2) is 5.82 Å². The number of nitrogen functional groups attached to an aromatic ring is 1. The first-order valence-corrected chi connectivity index (χ1v) is 7.06. The maximum Gasteiger partial charge on any atom is 0.158 e. The highest BCUT2D eigenvalue weighted by molar-refractivity contribution is 7.07. The van der Waals surface area contributed by atoms with Crippen LogP contribution in [-0.2, 0) is 17.9 Å². The van der Waals surface area contributed by atoms with E-state index in [4.69, 9.17) is 10.5 Å². The molecule has 2 rings (SSSR count). The van der Waals surface area contributed by atoms with Gasteiger partial charge in [-0.3, -0.25) is 0 Å². The quantitative estimate of drug-likeness (QED) is 0.878. The molecule has 0 aliphatic rings. The molecule has 0 saturated heterocycles. The molecule has 0 aliphatic carbocycles. The Kier molecular flexibility index (Phi) is 4.70. The van der Waals surface area contributed by atoms with Gasteiger partial charge in [0.1, 0.15) is 18.2 Å². The van der Waals surface area contributed by atoms with Gasteiger partial charge >= 0.3 is 0 Å². The van der Waals surface area contributed by atoms with E-state index in [0.717, 1.165) is 12.4 Å². The predicted octanol–water partition coefficient (Wildman–Crippen LogP) is 2.29. The first-order valence-electron chi connectivity index (χ1n) is 6.12. The zero-order valence-electron chi connectivity index (χ0n) is 11.2. The number of anilines is 2. The molecule has 2 heterocycles. The van der Waals surface area contributed by atoms with Crippen molar-refractivity contribution in [2.45, 2.75) is 20.1 Å². The second kappa shape index (κ2) is 6.49. The fourth-order valence-electron chi connectivity index (χ4n) is 1.69. The maximum absolute atomic E-state index is 5.81. The third-order valence-corrected chi connectivity index (χ3v) is 3.34. The number of nitrogens with zero attached hydrogens (tertiary/aromatic N) is 3. The van der Waals surface area contributed by atoms with Crippen molar-refractivity contribution < 1.29 is 4.74 Å². The van der Waals surface area contributed by atoms with Crippen molar-refractivity contribution in [1.29, 1.82) is 0 Å². The Labute approximate surface area is 117 Å². The minimum Gasteiger partial charge on any atom is -0.384 e. The largest absolute Gasteiger partial charge is 0.384 e. The first kappa shape index (κ1) is 13.8. The van der Waals surface area contributed by atoms with Crippen LogP contribution in [-0.4, -0.2) is 23.6 Å². The second-order valence-electron chi connectivity index (χ2n) is 4.19. The van der Waals surface area contributed by atoms with E-state index in [2.05, 4.69) is 31.7 Å². The average molecular weight is 278 g/mol. The number of rotatable bonds is 6. The highest BCUT2D eigenvalue weighted by Crippen LogP contribution is 2.17. The summed E-state index contributed by atoms with van der Waals surface area (Å²) < 4.78 is 5.32. The summed E-state index contributed by atoms with van der Waals surface area (Å²) in [6.07, 6.45) is 0. The molecule has 0 spiro atoms. The molecule has 5 nitrogen and oxygen atoms in total. The fourth-order valence-corrected chi connectivity index (χ4v) is 2.35. The van der Waals surface area contributed by atoms with Crippen LogP contribution in [0, 0.1) is 0 Å². The Bertz CT molecular complexity index is 515. The lowest BCUT2D eigenvalue weighted by molar-refractivity contribution is 0.128. The minimum atomic E-state index is 0.390. The summed E-state index contributed by atoms with van der Waals surface area (Å²) in [4.78, 5) is 10.7. The highest BCUT2D eigenvalue weighted by atomic mass is 32.1. The summed E-state index contributed by atoms with van der Waals surface area (Å²) in [5.74, 6) is 1.90. The van der Waals surface area contributed by atoms with Gasteiger partial charge in [0.2, 0.25) is 0 Å². The summed E-state index contributed by atoms with van der Waals surface area (Å²) in [7, 11) is 1.99. The van der Waals surface area contributed by atoms with Crippen LogP contribution in [0.4, 0.5) is 11.6 Å². The van der Waals surface area contributed by atoms with Crippen molar-refractivity contribution in [1.82, 2.24) is 9.97 Å². The molecule has 0 aromatic carbocycles. The molecule has 0 aliphatic heterocycles. The number of thiophene rings is 1. The molecule has 0 amide bonds. The fraction of sp³-hybridized carbons (Fsp3) is 0.385. The van der Waals surface area contributed by atoms with E-state index in [1.54, 1.807) is 17.4 Å². The van der Waals surface area contributed by atoms with Gasteiger partial charge in [-0.05, 0) is 29.3 Å². The predicted molar refractivity (Wildman–Crippen MR) is 78.2 cm³/mol. The van der Waals surface area contributed by atoms with Gasteiger partial charge in [-0.15, -0.1) is 0 Å². The van der Waals surface area contributed by atoms with Gasteiger partial charge in [0.25, 0.3) is 0 Å². The molecule has 0 atom stereocenters. The van der Waals surface area contributed by atoms with Crippen LogP contribution in [0.15, 0.2) is 22.9 Å². The average Bonchev–Trinajstić information content (AvgIpc) is 2.88. The van der Waals surface area contributed by atoms with Crippen LogP contribution < -0.4 is 10.6 Å². The van der Waals surface area contributed by atoms with Crippen LogP contribution in [0.25, 0.3) is 0 Å². The van der Waals surface area contributed by atoms with Gasteiger partial charge in [0.05, 0.1) is 0 Å². The third-order valence-electron chi connectivity index (χ3n) is 2.60. The van der Waals surface area contributed by atoms with E-state index in [1.165, 1.54) is 5.56 Å². The SMILES string of the molecule is CCOCc1nc(N)cc(N(C)Cc2ccsc2)n1. The van der Waals surface area contributed by atoms with Crippen LogP contribution in [0.2, 0.25) is 0 Å². The van der Waals surface area contributed by atoms with Crippen LogP contribution in [0.5, 0.6) is 0 Å². The lowest BCUT2D eigenvalue weighted by Crippen LogP contribution is -2.19. The smallest absolute Gasteiger partial charge is 0.158 e. The van der Waals surface area contributed by atoms with Crippen molar-refractivity contribution in [3.05, 3.63) is 34.3 Å². The summed E-state index contributed by atoms with van der Waals surface area (Å²) >= 11 is 1.69. The maximum atomic E-state index is 5.81. The van der Waals surface area contributed by atoms with Gasteiger partial charge in [-0.1, -0.05) is 0 Å². The molecule has 0 unspecified atom stereocenters. The van der Waals surface area contributed by atoms with E-state index in [0.29, 0.717) is 24.9 Å². The van der Waals surface area contributed by atoms with Crippen molar-refractivity contribution >= 4 is 23.0 Å². The number of hydrogen-bond donors (Lipinski definition) is 1. The highest BCUT2D eigenvalue weighted by Gasteiger charge is 2.08. The molecule has 0 radical (unpaired) electrons. The summed E-state index contributed by atoms with van der Waals surface area (Å²) in [6.45, 7) is 3.77. The van der Waals surface area contributed by atoms with E-state index in [1.807, 2.05) is 14.0 Å². The molecule has 2 aromatic rings. The van der Waals surface area contributed by atoms with Crippen LogP contribution in [0.3, 0.4) is 0 Å². The molecule has 19 heavy (non-hydrogen) atoms. The Hall–Kier alpha value is -1.66. The van der Waals surface area contributed by atoms with Gasteiger partial charge in [-0.2, -0.15) is 11.3 Å². The van der Waals surface area contributed by atoms with E-state index in [9.17, 15) is 0 Å². The molecular weight excluding hydrogens is 260 g/mol. The second-order valence-corrected chi connectivity index (χ2v) is 4.97. The minimum absolute atomic E-state index is 0.390. The van der Waals surface area contributed by atoms with Gasteiger partial charge in [0, 0.05) is 26.3 Å². The Morgan fingerprint density at radius 2 is 2.26 bits per heavy atom. The topological polar surface area (TPSA) is 64.3 Å². The van der Waals surface area contributed by atoms with Gasteiger partial charge in [-0.25, -0.2) is 9.97 Å². The molecule has 0 bridgehead atoms. The zero-order chi connectivity index (χ0) is 13.7. The zero-order valence-corrected chi connectivity index (χ0v) is 12.0. The van der Waals surface area contributed by atoms with Crippen molar-refractivity contribution in [3.63, 3.8) is 0 Å². The number of ether oxygens (including phenoxy) is 1. The molecule has 0 saturated carbocycles.